The van der Waals surface area contributed by atoms with Gasteiger partial charge in [-0.2, -0.15) is 0 Å². The van der Waals surface area contributed by atoms with E-state index in [0.29, 0.717) is 45.3 Å². The number of fused-ring (bicyclic) bond motifs is 2. The first-order valence-electron chi connectivity index (χ1n) is 10.9. The maximum Gasteiger partial charge on any atom is 0.295 e. The Morgan fingerprint density at radius 2 is 1.76 bits per heavy atom. The van der Waals surface area contributed by atoms with E-state index in [0.717, 1.165) is 5.56 Å². The number of methoxy groups -OCH3 is 1. The number of aryl methyl sites for hydroxylation is 1. The van der Waals surface area contributed by atoms with E-state index in [4.69, 9.17) is 25.5 Å². The fourth-order valence-electron chi connectivity index (χ4n) is 4.36. The first kappa shape index (κ1) is 22.0. The lowest BCUT2D eigenvalue weighted by Crippen LogP contribution is -2.29. The molecule has 0 fully saturated rings. The zero-order chi connectivity index (χ0) is 24.0. The van der Waals surface area contributed by atoms with Crippen LogP contribution in [-0.4, -0.2) is 19.6 Å². The second kappa shape index (κ2) is 8.54. The Morgan fingerprint density at radius 1 is 1.00 bits per heavy atom. The molecule has 1 aliphatic heterocycles. The molecule has 34 heavy (non-hydrogen) atoms. The average molecular weight is 476 g/mol. The van der Waals surface area contributed by atoms with Gasteiger partial charge in [-0.25, -0.2) is 0 Å². The normalized spacial score (nSPS) is 15.0. The van der Waals surface area contributed by atoms with Crippen LogP contribution in [0.15, 0.2) is 69.9 Å². The summed E-state index contributed by atoms with van der Waals surface area (Å²) in [6.07, 6.45) is 0. The van der Waals surface area contributed by atoms with Crippen LogP contribution in [0.2, 0.25) is 5.02 Å². The minimum atomic E-state index is -0.714. The van der Waals surface area contributed by atoms with Gasteiger partial charge in [0.2, 0.25) is 5.76 Å². The molecule has 0 aliphatic carbocycles. The van der Waals surface area contributed by atoms with E-state index in [-0.39, 0.29) is 22.7 Å². The molecule has 5 rings (SSSR count). The first-order valence-corrected chi connectivity index (χ1v) is 11.3. The molecule has 0 bridgehead atoms. The van der Waals surface area contributed by atoms with Gasteiger partial charge in [0.25, 0.3) is 5.91 Å². The lowest BCUT2D eigenvalue weighted by Gasteiger charge is -2.26. The predicted octanol–water partition coefficient (Wildman–Crippen LogP) is 5.91. The molecule has 2 heterocycles. The second-order valence-corrected chi connectivity index (χ2v) is 8.51. The maximum absolute atomic E-state index is 13.7. The lowest BCUT2D eigenvalue weighted by atomic mass is 9.97. The van der Waals surface area contributed by atoms with Crippen molar-refractivity contribution in [2.24, 2.45) is 0 Å². The molecule has 1 aromatic heterocycles. The van der Waals surface area contributed by atoms with Gasteiger partial charge in [-0.3, -0.25) is 14.5 Å². The highest BCUT2D eigenvalue weighted by Crippen LogP contribution is 2.43. The minimum Gasteiger partial charge on any atom is -0.493 e. The number of halogens is 1. The Kier molecular flexibility index (Phi) is 5.54. The minimum absolute atomic E-state index is 0.0262. The van der Waals surface area contributed by atoms with Crippen LogP contribution in [-0.2, 0) is 0 Å². The molecule has 1 unspecified atom stereocenters. The van der Waals surface area contributed by atoms with E-state index in [1.54, 1.807) is 42.3 Å². The Hall–Kier alpha value is -3.77. The molecule has 0 N–H and O–H groups in total. The van der Waals surface area contributed by atoms with Gasteiger partial charge in [-0.1, -0.05) is 35.4 Å². The summed E-state index contributed by atoms with van der Waals surface area (Å²) in [4.78, 5) is 29.0. The summed E-state index contributed by atoms with van der Waals surface area (Å²) in [5, 5.41) is 0.742. The Bertz CT molecular complexity index is 1480. The van der Waals surface area contributed by atoms with Crippen molar-refractivity contribution in [3.8, 4) is 11.5 Å². The third kappa shape index (κ3) is 3.51. The predicted molar refractivity (Wildman–Crippen MR) is 131 cm³/mol. The van der Waals surface area contributed by atoms with E-state index in [2.05, 4.69) is 0 Å². The van der Waals surface area contributed by atoms with Crippen molar-refractivity contribution >= 4 is 34.2 Å². The molecule has 6 nitrogen and oxygen atoms in total. The van der Waals surface area contributed by atoms with Gasteiger partial charge in [0.05, 0.1) is 30.7 Å². The summed E-state index contributed by atoms with van der Waals surface area (Å²) in [6, 6.07) is 17.1. The van der Waals surface area contributed by atoms with Gasteiger partial charge < -0.3 is 13.9 Å². The number of nitrogens with zero attached hydrogens (tertiary/aromatic N) is 1. The van der Waals surface area contributed by atoms with Crippen LogP contribution in [0.5, 0.6) is 11.5 Å². The van der Waals surface area contributed by atoms with Crippen LogP contribution in [0.4, 0.5) is 5.69 Å². The molecular formula is C27H22ClNO5. The van der Waals surface area contributed by atoms with Crippen molar-refractivity contribution in [2.45, 2.75) is 19.9 Å². The molecule has 172 valence electrons. The second-order valence-electron chi connectivity index (χ2n) is 8.07. The Labute approximate surface area is 201 Å². The highest BCUT2D eigenvalue weighted by atomic mass is 35.5. The number of hydrogen-bond donors (Lipinski definition) is 0. The largest absolute Gasteiger partial charge is 0.493 e. The quantitative estimate of drug-likeness (QED) is 0.359. The zero-order valence-electron chi connectivity index (χ0n) is 18.9. The molecule has 0 radical (unpaired) electrons. The van der Waals surface area contributed by atoms with Crippen LogP contribution in [0.25, 0.3) is 11.0 Å². The van der Waals surface area contributed by atoms with E-state index in [9.17, 15) is 9.59 Å². The topological polar surface area (TPSA) is 69.0 Å². The number of hydrogen-bond acceptors (Lipinski definition) is 5. The number of rotatable bonds is 5. The van der Waals surface area contributed by atoms with Crippen molar-refractivity contribution in [3.05, 3.63) is 98.4 Å². The average Bonchev–Trinajstić information content (AvgIpc) is 3.13. The summed E-state index contributed by atoms with van der Waals surface area (Å²) in [5.41, 5.74) is 2.70. The van der Waals surface area contributed by atoms with Gasteiger partial charge in [-0.15, -0.1) is 0 Å². The molecule has 3 aromatic carbocycles. The number of anilines is 1. The maximum atomic E-state index is 13.7. The van der Waals surface area contributed by atoms with Crippen LogP contribution in [0, 0.1) is 6.92 Å². The fraction of sp³-hybridized carbons (Fsp3) is 0.185. The SMILES string of the molecule is CCOc1ccc(C2c3c(oc4ccc(Cl)cc4c3=O)C(=O)N2c2ccc(C)cc2)cc1OC. The van der Waals surface area contributed by atoms with Crippen LogP contribution in [0.1, 0.15) is 40.2 Å². The van der Waals surface area contributed by atoms with Crippen molar-refractivity contribution in [2.75, 3.05) is 18.6 Å². The summed E-state index contributed by atoms with van der Waals surface area (Å²) in [7, 11) is 1.55. The van der Waals surface area contributed by atoms with Crippen molar-refractivity contribution in [1.29, 1.82) is 0 Å². The first-order chi connectivity index (χ1) is 16.4. The van der Waals surface area contributed by atoms with Gasteiger partial charge in [0.1, 0.15) is 5.58 Å². The molecule has 0 saturated heterocycles. The van der Waals surface area contributed by atoms with Crippen LogP contribution < -0.4 is 19.8 Å². The standard InChI is InChI=1S/C27H22ClNO5/c1-4-33-21-11-7-16(13-22(21)32-3)24-23-25(30)19-14-17(28)8-12-20(19)34-26(23)27(31)29(24)18-9-5-15(2)6-10-18/h5-14,24H,4H2,1-3H3. The summed E-state index contributed by atoms with van der Waals surface area (Å²) >= 11 is 6.16. The van der Waals surface area contributed by atoms with Gasteiger partial charge in [0.15, 0.2) is 16.9 Å². The monoisotopic (exact) mass is 475 g/mol. The number of benzene rings is 3. The van der Waals surface area contributed by atoms with Gasteiger partial charge in [-0.05, 0) is 61.9 Å². The van der Waals surface area contributed by atoms with Gasteiger partial charge >= 0.3 is 0 Å². The van der Waals surface area contributed by atoms with Crippen molar-refractivity contribution in [1.82, 2.24) is 0 Å². The molecule has 1 amide bonds. The van der Waals surface area contributed by atoms with E-state index >= 15 is 0 Å². The summed E-state index contributed by atoms with van der Waals surface area (Å²) in [5.74, 6) is 0.735. The van der Waals surface area contributed by atoms with Gasteiger partial charge in [0, 0.05) is 10.7 Å². The van der Waals surface area contributed by atoms with Crippen molar-refractivity contribution in [3.63, 3.8) is 0 Å². The number of carbonyl (C=O) groups excluding carboxylic acids is 1. The lowest BCUT2D eigenvalue weighted by molar-refractivity contribution is 0.0971. The van der Waals surface area contributed by atoms with Crippen LogP contribution in [0.3, 0.4) is 0 Å². The number of ether oxygens (including phenoxy) is 2. The highest BCUT2D eigenvalue weighted by molar-refractivity contribution is 6.31. The Balaban J connectivity index is 1.78. The Morgan fingerprint density at radius 3 is 2.47 bits per heavy atom. The molecule has 1 aliphatic rings. The fourth-order valence-corrected chi connectivity index (χ4v) is 4.53. The third-order valence-corrected chi connectivity index (χ3v) is 6.18. The molecule has 0 saturated carbocycles. The van der Waals surface area contributed by atoms with E-state index < -0.39 is 6.04 Å². The van der Waals surface area contributed by atoms with E-state index in [1.807, 2.05) is 44.2 Å². The summed E-state index contributed by atoms with van der Waals surface area (Å²) < 4.78 is 17.2. The van der Waals surface area contributed by atoms with E-state index in [1.165, 1.54) is 0 Å². The zero-order valence-corrected chi connectivity index (χ0v) is 19.7. The highest BCUT2D eigenvalue weighted by Gasteiger charge is 2.44. The molecule has 4 aromatic rings. The third-order valence-electron chi connectivity index (χ3n) is 5.95. The van der Waals surface area contributed by atoms with Crippen molar-refractivity contribution < 1.29 is 18.7 Å². The number of amides is 1. The molecular weight excluding hydrogens is 454 g/mol. The molecule has 1 atom stereocenters. The smallest absolute Gasteiger partial charge is 0.295 e. The summed E-state index contributed by atoms with van der Waals surface area (Å²) in [6.45, 7) is 4.34. The molecule has 0 spiro atoms. The molecule has 7 heteroatoms. The number of carbonyl (C=O) groups is 1. The van der Waals surface area contributed by atoms with Crippen LogP contribution >= 0.6 is 11.6 Å².